The summed E-state index contributed by atoms with van der Waals surface area (Å²) in [6.45, 7) is -0.0792. The van der Waals surface area contributed by atoms with Crippen molar-refractivity contribution in [1.29, 1.82) is 0 Å². The van der Waals surface area contributed by atoms with Gasteiger partial charge in [0.2, 0.25) is 0 Å². The summed E-state index contributed by atoms with van der Waals surface area (Å²) in [5.74, 6) is 0.571. The maximum absolute atomic E-state index is 11.3. The van der Waals surface area contributed by atoms with Crippen LogP contribution in [0.4, 0.5) is 11.4 Å². The molecule has 0 aliphatic carbocycles. The molecule has 0 aromatic heterocycles. The third-order valence-corrected chi connectivity index (χ3v) is 5.62. The Labute approximate surface area is 167 Å². The molecule has 2 aromatic rings. The van der Waals surface area contributed by atoms with Crippen LogP contribution in [0, 0.1) is 20.2 Å². The lowest BCUT2D eigenvalue weighted by Crippen LogP contribution is -2.00. The first-order chi connectivity index (χ1) is 13.5. The second-order valence-electron chi connectivity index (χ2n) is 5.04. The van der Waals surface area contributed by atoms with E-state index in [1.165, 1.54) is 38.5 Å². The van der Waals surface area contributed by atoms with Gasteiger partial charge in [0.05, 0.1) is 31.8 Å². The maximum Gasteiger partial charge on any atom is 0.287 e. The van der Waals surface area contributed by atoms with Crippen LogP contribution in [0.3, 0.4) is 0 Å². The Bertz CT molecular complexity index is 780. The number of rotatable bonds is 11. The minimum atomic E-state index is -0.543. The van der Waals surface area contributed by atoms with E-state index < -0.39 is 9.85 Å². The summed E-state index contributed by atoms with van der Waals surface area (Å²) < 4.78 is 19.9. The highest BCUT2D eigenvalue weighted by atomic mass is 33.1. The van der Waals surface area contributed by atoms with Crippen LogP contribution in [-0.2, 0) is 9.47 Å². The maximum atomic E-state index is 11.3. The van der Waals surface area contributed by atoms with E-state index in [2.05, 4.69) is 0 Å². The van der Waals surface area contributed by atoms with Crippen LogP contribution >= 0.6 is 21.6 Å². The van der Waals surface area contributed by atoms with Crippen molar-refractivity contribution in [2.45, 2.75) is 9.79 Å². The molecule has 0 amide bonds. The summed E-state index contributed by atoms with van der Waals surface area (Å²) in [4.78, 5) is 22.2. The molecule has 28 heavy (non-hydrogen) atoms. The zero-order chi connectivity index (χ0) is 20.5. The van der Waals surface area contributed by atoms with E-state index in [-0.39, 0.29) is 36.5 Å². The van der Waals surface area contributed by atoms with E-state index in [1.807, 2.05) is 0 Å². The molecule has 10 nitrogen and oxygen atoms in total. The number of hydrogen-bond donors (Lipinski definition) is 0. The predicted octanol–water partition coefficient (Wildman–Crippen LogP) is 4.27. The molecule has 12 heteroatoms. The predicted molar refractivity (Wildman–Crippen MR) is 103 cm³/mol. The minimum absolute atomic E-state index is 0.0396. The average Bonchev–Trinajstić information content (AvgIpc) is 2.69. The Kier molecular flexibility index (Phi) is 8.32. The molecule has 0 heterocycles. The van der Waals surface area contributed by atoms with Crippen LogP contribution in [0.5, 0.6) is 11.5 Å². The lowest BCUT2D eigenvalue weighted by atomic mass is 10.3. The van der Waals surface area contributed by atoms with E-state index in [0.29, 0.717) is 9.79 Å². The first kappa shape index (κ1) is 21.8. The summed E-state index contributed by atoms with van der Waals surface area (Å²) in [5.41, 5.74) is -0.345. The van der Waals surface area contributed by atoms with Gasteiger partial charge < -0.3 is 18.9 Å². The molecule has 0 saturated heterocycles. The Morgan fingerprint density at radius 3 is 1.50 bits per heavy atom. The first-order valence-electron chi connectivity index (χ1n) is 7.61. The van der Waals surface area contributed by atoms with Crippen molar-refractivity contribution >= 4 is 33.0 Å². The molecule has 0 bridgehead atoms. The van der Waals surface area contributed by atoms with Gasteiger partial charge in [-0.1, -0.05) is 0 Å². The van der Waals surface area contributed by atoms with Crippen molar-refractivity contribution in [2.24, 2.45) is 0 Å². The second kappa shape index (κ2) is 10.7. The van der Waals surface area contributed by atoms with Crippen molar-refractivity contribution in [3.8, 4) is 11.5 Å². The molecular weight excluding hydrogens is 412 g/mol. The van der Waals surface area contributed by atoms with Gasteiger partial charge in [-0.05, 0) is 45.9 Å². The fraction of sp³-hybridized carbons (Fsp3) is 0.250. The largest absolute Gasteiger partial charge is 0.467 e. The summed E-state index contributed by atoms with van der Waals surface area (Å²) in [5, 5.41) is 22.7. The Morgan fingerprint density at radius 2 is 1.18 bits per heavy atom. The average molecular weight is 428 g/mol. The highest BCUT2D eigenvalue weighted by Gasteiger charge is 2.20. The van der Waals surface area contributed by atoms with Gasteiger partial charge in [0.1, 0.15) is 11.5 Å². The van der Waals surface area contributed by atoms with Crippen molar-refractivity contribution in [1.82, 2.24) is 0 Å². The van der Waals surface area contributed by atoms with Gasteiger partial charge in [-0.2, -0.15) is 0 Å². The molecule has 0 unspecified atom stereocenters. The van der Waals surface area contributed by atoms with Crippen molar-refractivity contribution in [2.75, 3.05) is 27.8 Å². The topological polar surface area (TPSA) is 123 Å². The van der Waals surface area contributed by atoms with Gasteiger partial charge in [-0.3, -0.25) is 20.2 Å². The van der Waals surface area contributed by atoms with Gasteiger partial charge in [0.25, 0.3) is 11.4 Å². The fourth-order valence-corrected chi connectivity index (χ4v) is 4.19. The molecule has 0 aliphatic heterocycles. The zero-order valence-electron chi connectivity index (χ0n) is 14.9. The van der Waals surface area contributed by atoms with E-state index in [4.69, 9.17) is 18.9 Å². The summed E-state index contributed by atoms with van der Waals surface area (Å²) in [7, 11) is 4.95. The smallest absolute Gasteiger partial charge is 0.287 e. The molecule has 0 atom stereocenters. The van der Waals surface area contributed by atoms with Crippen LogP contribution in [0.15, 0.2) is 46.2 Å². The number of ether oxygens (including phenoxy) is 4. The Balaban J connectivity index is 2.20. The quantitative estimate of drug-likeness (QED) is 0.222. The van der Waals surface area contributed by atoms with Crippen LogP contribution in [0.1, 0.15) is 0 Å². The molecule has 0 N–H and O–H groups in total. The Hall–Kier alpha value is -2.54. The van der Waals surface area contributed by atoms with Crippen LogP contribution < -0.4 is 9.47 Å². The van der Waals surface area contributed by atoms with Crippen molar-refractivity contribution in [3.63, 3.8) is 0 Å². The molecule has 0 aliphatic rings. The summed E-state index contributed by atoms with van der Waals surface area (Å²) in [6, 6.07) is 8.71. The van der Waals surface area contributed by atoms with Gasteiger partial charge in [0, 0.05) is 14.2 Å². The normalized spacial score (nSPS) is 10.5. The highest BCUT2D eigenvalue weighted by Crippen LogP contribution is 2.46. The molecule has 2 rings (SSSR count). The highest BCUT2D eigenvalue weighted by molar-refractivity contribution is 8.76. The van der Waals surface area contributed by atoms with Crippen LogP contribution in [-0.4, -0.2) is 37.7 Å². The lowest BCUT2D eigenvalue weighted by Gasteiger charge is -2.08. The summed E-state index contributed by atoms with van der Waals surface area (Å²) >= 11 is 0. The SMILES string of the molecule is COCOc1ccc(SSc2ccc(OCOC)cc2[N+](=O)[O-])c([N+](=O)[O-])c1. The van der Waals surface area contributed by atoms with Crippen molar-refractivity contribution in [3.05, 3.63) is 56.6 Å². The third kappa shape index (κ3) is 5.99. The van der Waals surface area contributed by atoms with Crippen LogP contribution in [0.2, 0.25) is 0 Å². The lowest BCUT2D eigenvalue weighted by molar-refractivity contribution is -0.388. The molecule has 0 spiro atoms. The van der Waals surface area contributed by atoms with Crippen LogP contribution in [0.25, 0.3) is 0 Å². The molecule has 2 aromatic carbocycles. The molecule has 150 valence electrons. The molecule has 0 saturated carbocycles. The third-order valence-electron chi connectivity index (χ3n) is 3.16. The number of hydrogen-bond acceptors (Lipinski definition) is 10. The standard InChI is InChI=1S/C16H16N2O8S2/c1-23-9-25-11-3-5-15(13(7-11)17(19)20)27-28-16-6-4-12(26-10-24-2)8-14(16)18(21)22/h3-8H,9-10H2,1-2H3. The van der Waals surface area contributed by atoms with E-state index >= 15 is 0 Å². The van der Waals surface area contributed by atoms with Gasteiger partial charge in [-0.15, -0.1) is 0 Å². The van der Waals surface area contributed by atoms with Crippen molar-refractivity contribution < 1.29 is 28.8 Å². The second-order valence-corrected chi connectivity index (χ2v) is 7.25. The molecule has 0 fully saturated rings. The number of methoxy groups -OCH3 is 2. The molecule has 0 radical (unpaired) electrons. The van der Waals surface area contributed by atoms with E-state index in [0.717, 1.165) is 21.6 Å². The van der Waals surface area contributed by atoms with Gasteiger partial charge in [-0.25, -0.2) is 0 Å². The monoisotopic (exact) mass is 428 g/mol. The summed E-state index contributed by atoms with van der Waals surface area (Å²) in [6.07, 6.45) is 0. The number of nitro benzene ring substituents is 2. The molecular formula is C16H16N2O8S2. The number of nitro groups is 2. The van der Waals surface area contributed by atoms with Gasteiger partial charge in [0.15, 0.2) is 13.6 Å². The fourth-order valence-electron chi connectivity index (χ4n) is 1.94. The number of nitrogens with zero attached hydrogens (tertiary/aromatic N) is 2. The minimum Gasteiger partial charge on any atom is -0.467 e. The Morgan fingerprint density at radius 1 is 0.786 bits per heavy atom. The van der Waals surface area contributed by atoms with E-state index in [9.17, 15) is 20.2 Å². The first-order valence-corrected chi connectivity index (χ1v) is 9.76. The van der Waals surface area contributed by atoms with Gasteiger partial charge >= 0.3 is 0 Å². The zero-order valence-corrected chi connectivity index (χ0v) is 16.5. The van der Waals surface area contributed by atoms with E-state index in [1.54, 1.807) is 12.1 Å². The number of benzene rings is 2.